The maximum atomic E-state index is 12.0. The fourth-order valence-corrected chi connectivity index (χ4v) is 3.90. The summed E-state index contributed by atoms with van der Waals surface area (Å²) in [4.78, 5) is 0. The van der Waals surface area contributed by atoms with Gasteiger partial charge in [0.15, 0.2) is 0 Å². The Bertz CT molecular complexity index is 283. The van der Waals surface area contributed by atoms with Crippen molar-refractivity contribution in [2.75, 3.05) is 18.9 Å². The van der Waals surface area contributed by atoms with Gasteiger partial charge in [0.2, 0.25) is 10.0 Å². The van der Waals surface area contributed by atoms with Gasteiger partial charge in [-0.1, -0.05) is 20.3 Å². The van der Waals surface area contributed by atoms with E-state index in [1.54, 1.807) is 0 Å². The Labute approximate surface area is 92.3 Å². The van der Waals surface area contributed by atoms with Crippen molar-refractivity contribution in [3.63, 3.8) is 0 Å². The normalized spacial score (nSPS) is 18.5. The molecule has 0 aromatic rings. The van der Waals surface area contributed by atoms with Crippen molar-refractivity contribution in [1.82, 2.24) is 4.31 Å². The molecule has 0 saturated heterocycles. The van der Waals surface area contributed by atoms with E-state index in [1.165, 1.54) is 4.31 Å². The van der Waals surface area contributed by atoms with Crippen LogP contribution < -0.4 is 0 Å². The summed E-state index contributed by atoms with van der Waals surface area (Å²) < 4.78 is 25.5. The van der Waals surface area contributed by atoms with Gasteiger partial charge in [-0.15, -0.1) is 0 Å². The molecule has 5 heteroatoms. The Kier molecular flexibility index (Phi) is 4.55. The third kappa shape index (κ3) is 3.43. The molecule has 0 atom stereocenters. The monoisotopic (exact) mass is 235 g/mol. The molecule has 1 aliphatic carbocycles. The van der Waals surface area contributed by atoms with E-state index in [4.69, 9.17) is 5.11 Å². The number of sulfonamides is 1. The first-order valence-corrected chi connectivity index (χ1v) is 7.18. The van der Waals surface area contributed by atoms with Gasteiger partial charge in [0.25, 0.3) is 0 Å². The van der Waals surface area contributed by atoms with Crippen LogP contribution in [0.3, 0.4) is 0 Å². The van der Waals surface area contributed by atoms with Crippen molar-refractivity contribution in [2.45, 2.75) is 39.2 Å². The van der Waals surface area contributed by atoms with Gasteiger partial charge in [-0.3, -0.25) is 0 Å². The predicted octanol–water partition coefficient (Wildman–Crippen LogP) is 0.819. The lowest BCUT2D eigenvalue weighted by molar-refractivity contribution is 0.177. The molecule has 0 radical (unpaired) electrons. The van der Waals surface area contributed by atoms with Gasteiger partial charge >= 0.3 is 0 Å². The SMILES string of the molecule is CC(C)CS(=O)(=O)N(CCO)C1CCC1. The first-order chi connectivity index (χ1) is 6.97. The van der Waals surface area contributed by atoms with Gasteiger partial charge in [-0.2, -0.15) is 4.31 Å². The molecule has 0 heterocycles. The number of hydrogen-bond donors (Lipinski definition) is 1. The van der Waals surface area contributed by atoms with Crippen molar-refractivity contribution in [3.05, 3.63) is 0 Å². The zero-order valence-corrected chi connectivity index (χ0v) is 10.3. The molecular weight excluding hydrogens is 214 g/mol. The quantitative estimate of drug-likeness (QED) is 0.741. The summed E-state index contributed by atoms with van der Waals surface area (Å²) in [5, 5.41) is 8.90. The minimum Gasteiger partial charge on any atom is -0.395 e. The number of aliphatic hydroxyl groups excluding tert-OH is 1. The molecule has 4 nitrogen and oxygen atoms in total. The molecule has 0 spiro atoms. The second-order valence-corrected chi connectivity index (χ2v) is 6.56. The van der Waals surface area contributed by atoms with Crippen LogP contribution in [0.25, 0.3) is 0 Å². The standard InChI is InChI=1S/C10H21NO3S/c1-9(2)8-15(13,14)11(6-7-12)10-4-3-5-10/h9-10,12H,3-8H2,1-2H3. The van der Waals surface area contributed by atoms with Crippen molar-refractivity contribution in [3.8, 4) is 0 Å². The summed E-state index contributed by atoms with van der Waals surface area (Å²) in [6.45, 7) is 3.96. The number of aliphatic hydroxyl groups is 1. The van der Waals surface area contributed by atoms with Gasteiger partial charge in [0.1, 0.15) is 0 Å². The first-order valence-electron chi connectivity index (χ1n) is 5.57. The Morgan fingerprint density at radius 1 is 1.40 bits per heavy atom. The summed E-state index contributed by atoms with van der Waals surface area (Å²) >= 11 is 0. The van der Waals surface area contributed by atoms with Crippen LogP contribution in [-0.2, 0) is 10.0 Å². The molecular formula is C10H21NO3S. The molecule has 0 unspecified atom stereocenters. The van der Waals surface area contributed by atoms with Crippen molar-refractivity contribution < 1.29 is 13.5 Å². The zero-order valence-electron chi connectivity index (χ0n) is 9.52. The Morgan fingerprint density at radius 3 is 2.33 bits per heavy atom. The minimum atomic E-state index is -3.17. The Balaban J connectivity index is 2.68. The second kappa shape index (κ2) is 5.27. The highest BCUT2D eigenvalue weighted by molar-refractivity contribution is 7.89. The van der Waals surface area contributed by atoms with Crippen LogP contribution in [0.5, 0.6) is 0 Å². The van der Waals surface area contributed by atoms with Gasteiger partial charge in [-0.25, -0.2) is 8.42 Å². The average molecular weight is 235 g/mol. The lowest BCUT2D eigenvalue weighted by atomic mass is 9.93. The van der Waals surface area contributed by atoms with Crippen molar-refractivity contribution in [1.29, 1.82) is 0 Å². The molecule has 90 valence electrons. The maximum Gasteiger partial charge on any atom is 0.214 e. The van der Waals surface area contributed by atoms with Crippen molar-refractivity contribution in [2.24, 2.45) is 5.92 Å². The molecule has 1 aliphatic rings. The topological polar surface area (TPSA) is 57.6 Å². The lowest BCUT2D eigenvalue weighted by Crippen LogP contribution is -2.47. The van der Waals surface area contributed by atoms with Gasteiger partial charge < -0.3 is 5.11 Å². The number of nitrogens with zero attached hydrogens (tertiary/aromatic N) is 1. The van der Waals surface area contributed by atoms with Crippen LogP contribution >= 0.6 is 0 Å². The molecule has 0 aliphatic heterocycles. The van der Waals surface area contributed by atoms with E-state index in [0.717, 1.165) is 19.3 Å². The van der Waals surface area contributed by atoms with Gasteiger partial charge in [0, 0.05) is 12.6 Å². The Hall–Kier alpha value is -0.130. The predicted molar refractivity (Wildman–Crippen MR) is 60.1 cm³/mol. The van der Waals surface area contributed by atoms with Crippen molar-refractivity contribution >= 4 is 10.0 Å². The first kappa shape index (κ1) is 12.9. The molecule has 1 rings (SSSR count). The van der Waals surface area contributed by atoms with E-state index >= 15 is 0 Å². The fraction of sp³-hybridized carbons (Fsp3) is 1.00. The molecule has 0 aromatic heterocycles. The van der Waals surface area contributed by atoms with Gasteiger partial charge in [0.05, 0.1) is 12.4 Å². The van der Waals surface area contributed by atoms with E-state index in [2.05, 4.69) is 0 Å². The smallest absolute Gasteiger partial charge is 0.214 e. The third-order valence-corrected chi connectivity index (χ3v) is 4.99. The van der Waals surface area contributed by atoms with Crippen LogP contribution in [-0.4, -0.2) is 42.8 Å². The minimum absolute atomic E-state index is 0.0895. The second-order valence-electron chi connectivity index (χ2n) is 4.59. The largest absolute Gasteiger partial charge is 0.395 e. The lowest BCUT2D eigenvalue weighted by Gasteiger charge is -2.36. The summed E-state index contributed by atoms with van der Waals surface area (Å²) in [7, 11) is -3.17. The van der Waals surface area contributed by atoms with E-state index < -0.39 is 10.0 Å². The van der Waals surface area contributed by atoms with Crippen LogP contribution in [0, 0.1) is 5.92 Å². The highest BCUT2D eigenvalue weighted by Gasteiger charge is 2.33. The van der Waals surface area contributed by atoms with E-state index in [-0.39, 0.29) is 30.9 Å². The van der Waals surface area contributed by atoms with Crippen LogP contribution in [0.2, 0.25) is 0 Å². The molecule has 0 aromatic carbocycles. The van der Waals surface area contributed by atoms with Crippen LogP contribution in [0.4, 0.5) is 0 Å². The highest BCUT2D eigenvalue weighted by atomic mass is 32.2. The maximum absolute atomic E-state index is 12.0. The van der Waals surface area contributed by atoms with Crippen LogP contribution in [0.1, 0.15) is 33.1 Å². The number of hydrogen-bond acceptors (Lipinski definition) is 3. The molecule has 1 fully saturated rings. The highest BCUT2D eigenvalue weighted by Crippen LogP contribution is 2.27. The molecule has 1 N–H and O–H groups in total. The van der Waals surface area contributed by atoms with Crippen LogP contribution in [0.15, 0.2) is 0 Å². The summed E-state index contributed by atoms with van der Waals surface area (Å²) in [6.07, 6.45) is 2.98. The summed E-state index contributed by atoms with van der Waals surface area (Å²) in [5.41, 5.74) is 0. The fourth-order valence-electron chi connectivity index (χ4n) is 1.84. The van der Waals surface area contributed by atoms with E-state index in [1.807, 2.05) is 13.8 Å². The van der Waals surface area contributed by atoms with Gasteiger partial charge in [-0.05, 0) is 18.8 Å². The molecule has 0 amide bonds. The van der Waals surface area contributed by atoms with E-state index in [9.17, 15) is 8.42 Å². The summed E-state index contributed by atoms with van der Waals surface area (Å²) in [6, 6.07) is 0.140. The Morgan fingerprint density at radius 2 is 2.00 bits per heavy atom. The average Bonchev–Trinajstić information content (AvgIpc) is 1.97. The molecule has 1 saturated carbocycles. The molecule has 15 heavy (non-hydrogen) atoms. The zero-order chi connectivity index (χ0) is 11.5. The summed E-state index contributed by atoms with van der Waals surface area (Å²) in [5.74, 6) is 0.319. The third-order valence-electron chi connectivity index (χ3n) is 2.70. The molecule has 0 bridgehead atoms. The number of rotatable bonds is 6. The van der Waals surface area contributed by atoms with E-state index in [0.29, 0.717) is 0 Å².